The molecule has 3 saturated heterocycles. The molecule has 3 aliphatic carbocycles. The number of fused-ring (bicyclic) bond motifs is 7. The van der Waals surface area contributed by atoms with E-state index < -0.39 is 24.3 Å². The molecule has 11 rings (SSSR count). The molecule has 0 radical (unpaired) electrons. The second-order valence-corrected chi connectivity index (χ2v) is 20.2. The van der Waals surface area contributed by atoms with Gasteiger partial charge in [0.15, 0.2) is 0 Å². The van der Waals surface area contributed by atoms with Crippen LogP contribution in [0, 0.1) is 11.8 Å². The number of nitrogens with one attached hydrogen (secondary N) is 4. The summed E-state index contributed by atoms with van der Waals surface area (Å²) in [5.74, 6) is 1.60. The van der Waals surface area contributed by atoms with Gasteiger partial charge in [0.25, 0.3) is 0 Å². The lowest BCUT2D eigenvalue weighted by Crippen LogP contribution is -2.51. The molecule has 5 amide bonds. The van der Waals surface area contributed by atoms with Gasteiger partial charge in [-0.15, -0.1) is 0 Å². The van der Waals surface area contributed by atoms with Crippen LogP contribution in [0.15, 0.2) is 36.7 Å². The minimum absolute atomic E-state index is 0.0673. The number of carbonyl (C=O) groups is 5. The van der Waals surface area contributed by atoms with Gasteiger partial charge < -0.3 is 44.8 Å². The SMILES string of the molecule is COC(=O)N[C@H](C(=O)N1CCC[C@H]1c1ncc(-c2ccc(-c3ccc(-c4cnc([C@@H]5CCCN5C(=O)[C@H](NC(=O)OC)C(C)C)[nH]4)c4c3C3CCC4C(=O)N3C)c3c2C2CCC3C2)[nH]1)C(C)C. The number of alkyl carbamates (subject to hydrolysis) is 2. The zero-order valence-electron chi connectivity index (χ0n) is 39.6. The number of ether oxygens (including phenoxy) is 2. The van der Waals surface area contributed by atoms with Gasteiger partial charge in [0, 0.05) is 31.3 Å². The zero-order chi connectivity index (χ0) is 47.0. The molecule has 4 aromatic rings. The lowest BCUT2D eigenvalue weighted by atomic mass is 9.69. The average Bonchev–Trinajstić information content (AvgIpc) is 4.20. The number of hydrogen-bond donors (Lipinski definition) is 4. The fraction of sp³-hybridized carbons (Fsp3) is 0.549. The van der Waals surface area contributed by atoms with Crippen LogP contribution in [0.5, 0.6) is 0 Å². The fourth-order valence-electron chi connectivity index (χ4n) is 12.7. The Morgan fingerprint density at radius 1 is 0.627 bits per heavy atom. The van der Waals surface area contributed by atoms with Crippen molar-refractivity contribution in [2.45, 2.75) is 133 Å². The smallest absolute Gasteiger partial charge is 0.407 e. The molecule has 8 atom stereocenters. The number of imidazole rings is 2. The summed E-state index contributed by atoms with van der Waals surface area (Å²) in [6.07, 6.45) is 10.7. The van der Waals surface area contributed by atoms with E-state index in [-0.39, 0.29) is 53.6 Å². The van der Waals surface area contributed by atoms with E-state index in [0.717, 1.165) is 91.7 Å². The van der Waals surface area contributed by atoms with Gasteiger partial charge in [0.2, 0.25) is 17.7 Å². The minimum atomic E-state index is -0.731. The number of amides is 5. The van der Waals surface area contributed by atoms with Crippen molar-refractivity contribution in [1.82, 2.24) is 45.3 Å². The molecule has 4 aliphatic heterocycles. The van der Waals surface area contributed by atoms with Crippen molar-refractivity contribution in [3.8, 4) is 33.6 Å². The number of likely N-dealkylation sites (N-methyl/N-ethyl adjacent to an activating group) is 1. The molecule has 2 aromatic carbocycles. The van der Waals surface area contributed by atoms with E-state index >= 15 is 0 Å². The number of methoxy groups -OCH3 is 2. The monoisotopic (exact) mass is 913 g/mol. The third kappa shape index (κ3) is 7.45. The summed E-state index contributed by atoms with van der Waals surface area (Å²) in [6.45, 7) is 8.80. The van der Waals surface area contributed by atoms with E-state index in [1.54, 1.807) is 0 Å². The highest BCUT2D eigenvalue weighted by molar-refractivity contribution is 5.94. The minimum Gasteiger partial charge on any atom is -0.453 e. The van der Waals surface area contributed by atoms with Gasteiger partial charge in [-0.3, -0.25) is 14.4 Å². The Bertz CT molecular complexity index is 2630. The van der Waals surface area contributed by atoms with E-state index in [4.69, 9.17) is 19.4 Å². The summed E-state index contributed by atoms with van der Waals surface area (Å²) < 4.78 is 9.68. The van der Waals surface area contributed by atoms with Gasteiger partial charge in [0.05, 0.1) is 62.0 Å². The number of benzene rings is 2. The Morgan fingerprint density at radius 2 is 1.09 bits per heavy atom. The number of carbonyl (C=O) groups excluding carboxylic acids is 5. The molecule has 2 aromatic heterocycles. The van der Waals surface area contributed by atoms with Crippen molar-refractivity contribution < 1.29 is 33.4 Å². The molecule has 1 saturated carbocycles. The van der Waals surface area contributed by atoms with E-state index in [2.05, 4.69) is 44.9 Å². The first kappa shape index (κ1) is 44.6. The average molecular weight is 914 g/mol. The number of rotatable bonds is 11. The molecule has 67 heavy (non-hydrogen) atoms. The summed E-state index contributed by atoms with van der Waals surface area (Å²) in [5, 5.41) is 5.49. The number of aromatic amines is 2. The Morgan fingerprint density at radius 3 is 1.58 bits per heavy atom. The zero-order valence-corrected chi connectivity index (χ0v) is 39.6. The topological polar surface area (TPSA) is 195 Å². The predicted molar refractivity (Wildman–Crippen MR) is 250 cm³/mol. The van der Waals surface area contributed by atoms with E-state index in [1.165, 1.54) is 42.0 Å². The Balaban J connectivity index is 0.994. The maximum atomic E-state index is 14.1. The Hall–Kier alpha value is -6.19. The maximum absolute atomic E-state index is 14.1. The second kappa shape index (κ2) is 17.5. The van der Waals surface area contributed by atoms with Gasteiger partial charge in [-0.1, -0.05) is 52.0 Å². The van der Waals surface area contributed by atoms with Crippen molar-refractivity contribution in [3.05, 3.63) is 70.6 Å². The molecule has 4 N–H and O–H groups in total. The van der Waals surface area contributed by atoms with Crippen LogP contribution in [0.2, 0.25) is 0 Å². The third-order valence-electron chi connectivity index (χ3n) is 15.9. The van der Waals surface area contributed by atoms with Crippen molar-refractivity contribution >= 4 is 29.9 Å². The van der Waals surface area contributed by atoms with Crippen molar-refractivity contribution in [3.63, 3.8) is 0 Å². The van der Waals surface area contributed by atoms with Crippen LogP contribution < -0.4 is 10.6 Å². The lowest BCUT2D eigenvalue weighted by Gasteiger charge is -2.46. The number of aromatic nitrogens is 4. The van der Waals surface area contributed by atoms with Crippen molar-refractivity contribution in [1.29, 1.82) is 0 Å². The van der Waals surface area contributed by atoms with Gasteiger partial charge >= 0.3 is 12.2 Å². The molecule has 7 aliphatic rings. The molecule has 4 bridgehead atoms. The van der Waals surface area contributed by atoms with Crippen LogP contribution in [-0.4, -0.2) is 111 Å². The first-order chi connectivity index (χ1) is 32.3. The van der Waals surface area contributed by atoms with Crippen LogP contribution in [0.3, 0.4) is 0 Å². The highest BCUT2D eigenvalue weighted by Gasteiger charge is 2.48. The molecule has 16 nitrogen and oxygen atoms in total. The van der Waals surface area contributed by atoms with Gasteiger partial charge in [-0.2, -0.15) is 0 Å². The van der Waals surface area contributed by atoms with Gasteiger partial charge in [-0.25, -0.2) is 19.6 Å². The molecule has 354 valence electrons. The number of H-pyrrole nitrogens is 2. The Kier molecular flexibility index (Phi) is 11.6. The standard InChI is InChI=1S/C51H63N9O7/c1-25(2)43(56-50(64)66-6)48(62)59-20-8-10-37(59)45-52-23-34(54-45)31-16-14-29(39-27-12-13-28(22-27)40(31)39)30-15-17-32(41-33-18-19-36(42(30)41)58(5)47(33)61)35-24-53-46(55-35)38-11-9-21-60(38)49(63)44(26(3)4)57-51(65)67-7/h14-17,23-28,33,36-38,43-44H,8-13,18-22H2,1-7H3,(H,52,54)(H,53,55)(H,56,64)(H,57,65)/t27?,28?,33?,36?,37-,38-,43-,44+/m0/s1. The highest BCUT2D eigenvalue weighted by atomic mass is 16.5. The summed E-state index contributed by atoms with van der Waals surface area (Å²) in [7, 11) is 4.54. The summed E-state index contributed by atoms with van der Waals surface area (Å²) in [4.78, 5) is 89.0. The van der Waals surface area contributed by atoms with Gasteiger partial charge in [0.1, 0.15) is 23.7 Å². The van der Waals surface area contributed by atoms with Crippen LogP contribution in [-0.2, 0) is 23.9 Å². The number of nitrogens with zero attached hydrogens (tertiary/aromatic N) is 5. The molecule has 16 heteroatoms. The van der Waals surface area contributed by atoms with E-state index in [1.807, 2.05) is 61.8 Å². The molecule has 4 unspecified atom stereocenters. The highest BCUT2D eigenvalue weighted by Crippen LogP contribution is 2.60. The third-order valence-corrected chi connectivity index (χ3v) is 15.9. The summed E-state index contributed by atoms with van der Waals surface area (Å²) in [6, 6.07) is 6.93. The largest absolute Gasteiger partial charge is 0.453 e. The normalized spacial score (nSPS) is 24.6. The van der Waals surface area contributed by atoms with Crippen molar-refractivity contribution in [2.75, 3.05) is 34.4 Å². The number of likely N-dealkylation sites (tertiary alicyclic amines) is 2. The van der Waals surface area contributed by atoms with E-state index in [9.17, 15) is 24.0 Å². The quantitative estimate of drug-likeness (QED) is 0.115. The summed E-state index contributed by atoms with van der Waals surface area (Å²) >= 11 is 0. The van der Waals surface area contributed by atoms with Crippen LogP contribution >= 0.6 is 0 Å². The number of piperidine rings is 1. The fourth-order valence-corrected chi connectivity index (χ4v) is 12.7. The van der Waals surface area contributed by atoms with Crippen LogP contribution in [0.4, 0.5) is 9.59 Å². The van der Waals surface area contributed by atoms with Gasteiger partial charge in [-0.05, 0) is 115 Å². The van der Waals surface area contributed by atoms with E-state index in [0.29, 0.717) is 30.7 Å². The predicted octanol–water partition coefficient (Wildman–Crippen LogP) is 7.98. The molecular weight excluding hydrogens is 851 g/mol. The Labute approximate surface area is 391 Å². The number of hydrogen-bond acceptors (Lipinski definition) is 9. The molecule has 4 fully saturated rings. The lowest BCUT2D eigenvalue weighted by molar-refractivity contribution is -0.138. The van der Waals surface area contributed by atoms with Crippen molar-refractivity contribution in [2.24, 2.45) is 11.8 Å². The van der Waals surface area contributed by atoms with Crippen LogP contribution in [0.25, 0.3) is 33.6 Å². The maximum Gasteiger partial charge on any atom is 0.407 e. The van der Waals surface area contributed by atoms with Crippen LogP contribution in [0.1, 0.15) is 155 Å². The second-order valence-electron chi connectivity index (χ2n) is 20.2. The molecular formula is C51H63N9O7. The summed E-state index contributed by atoms with van der Waals surface area (Å²) in [5.41, 5.74) is 11.4. The molecule has 6 heterocycles. The first-order valence-corrected chi connectivity index (χ1v) is 24.3. The molecule has 0 spiro atoms. The first-order valence-electron chi connectivity index (χ1n) is 24.3.